The third-order valence-corrected chi connectivity index (χ3v) is 21.1. The van der Waals surface area contributed by atoms with Gasteiger partial charge in [0, 0.05) is 77.0 Å². The Morgan fingerprint density at radius 1 is 0.310 bits per heavy atom. The van der Waals surface area contributed by atoms with Gasteiger partial charge in [0.25, 0.3) is 26.9 Å². The maximum absolute atomic E-state index is 11.9. The van der Waals surface area contributed by atoms with E-state index in [-0.39, 0.29) is 26.9 Å². The Labute approximate surface area is 505 Å². The van der Waals surface area contributed by atoms with Crippen LogP contribution in [-0.4, -0.2) is 26.9 Å². The first kappa shape index (κ1) is 46.3. The van der Waals surface area contributed by atoms with Gasteiger partial charge in [-0.3, -0.25) is 0 Å². The molecule has 0 fully saturated rings. The molecule has 0 saturated heterocycles. The molecule has 0 radical (unpaired) electrons. The van der Waals surface area contributed by atoms with Gasteiger partial charge in [0.15, 0.2) is 0 Å². The van der Waals surface area contributed by atoms with Crippen LogP contribution in [0.2, 0.25) is 0 Å². The predicted molar refractivity (Wildman–Crippen MR) is 359 cm³/mol. The molecule has 394 valence electrons. The number of ether oxygens (including phenoxy) is 2. The van der Waals surface area contributed by atoms with Gasteiger partial charge in [0.05, 0.1) is 11.4 Å². The van der Waals surface area contributed by atoms with Crippen molar-refractivity contribution in [1.82, 2.24) is 0 Å². The van der Waals surface area contributed by atoms with E-state index in [9.17, 15) is 10.5 Å². The summed E-state index contributed by atoms with van der Waals surface area (Å²) in [6.45, 7) is -0.822. The molecule has 13 aromatic rings. The first-order valence-corrected chi connectivity index (χ1v) is 30.5. The van der Waals surface area contributed by atoms with E-state index in [1.807, 2.05) is 12.1 Å². The van der Waals surface area contributed by atoms with Crippen molar-refractivity contribution in [3.05, 3.63) is 242 Å². The van der Waals surface area contributed by atoms with Gasteiger partial charge in [-0.1, -0.05) is 158 Å². The van der Waals surface area contributed by atoms with Crippen molar-refractivity contribution in [2.75, 3.05) is 19.6 Å². The molecule has 0 unspecified atom stereocenters. The summed E-state index contributed by atoms with van der Waals surface area (Å²) in [4.78, 5) is 9.54. The van der Waals surface area contributed by atoms with Gasteiger partial charge in [0.2, 0.25) is 0 Å². The minimum absolute atomic E-state index is 0.148. The lowest BCUT2D eigenvalue weighted by atomic mass is 9.29. The second-order valence-corrected chi connectivity index (χ2v) is 24.9. The van der Waals surface area contributed by atoms with Gasteiger partial charge >= 0.3 is 0 Å². The Bertz CT molecular complexity index is 5130. The third kappa shape index (κ3) is 5.59. The van der Waals surface area contributed by atoms with Crippen LogP contribution in [0.3, 0.4) is 0 Å². The van der Waals surface area contributed by atoms with Gasteiger partial charge in [0.1, 0.15) is 46.3 Å². The van der Waals surface area contributed by atoms with Crippen molar-refractivity contribution in [2.24, 2.45) is 0 Å². The number of thiophene rings is 1. The second-order valence-electron chi connectivity index (χ2n) is 23.9. The van der Waals surface area contributed by atoms with E-state index < -0.39 is 0 Å². The molecule has 8 aliphatic heterocycles. The predicted octanol–water partition coefficient (Wildman–Crippen LogP) is 9.83. The second kappa shape index (κ2) is 16.4. The van der Waals surface area contributed by atoms with Crippen LogP contribution in [-0.2, 0) is 0 Å². The fourth-order valence-corrected chi connectivity index (χ4v) is 18.0. The SMILES string of the molecule is N#Cc1c2c3c4c5c1N(c1ccccc1)c1ccccc1B5c1ccccc1N4c1ccccc1B3c1cc3c(cc1O2)sc1cc2c(cc13)B1c3ccccc3N3c4ccccc4B4c5ccccc5N(c5ccccc5)c5c(C#N)c(c1c3c54)O2. The van der Waals surface area contributed by atoms with Crippen LogP contribution in [0.1, 0.15) is 11.1 Å². The number of hydrogen-bond acceptors (Lipinski definition) is 9. The maximum Gasteiger partial charge on any atom is 0.256 e. The largest absolute Gasteiger partial charge is 0.457 e. The van der Waals surface area contributed by atoms with Crippen LogP contribution in [0.4, 0.5) is 68.2 Å². The number of fused-ring (bicyclic) bond motifs is 23. The number of nitrogens with zero attached hydrogens (tertiary/aromatic N) is 6. The van der Waals surface area contributed by atoms with E-state index >= 15 is 0 Å². The summed E-state index contributed by atoms with van der Waals surface area (Å²) in [6.07, 6.45) is 0. The summed E-state index contributed by atoms with van der Waals surface area (Å²) >= 11 is 1.72. The molecule has 0 spiro atoms. The highest BCUT2D eigenvalue weighted by Gasteiger charge is 2.55. The molecule has 0 atom stereocenters. The number of para-hydroxylation sites is 8. The van der Waals surface area contributed by atoms with Crippen molar-refractivity contribution in [2.45, 2.75) is 0 Å². The highest BCUT2D eigenvalue weighted by atomic mass is 32.1. The molecule has 87 heavy (non-hydrogen) atoms. The number of nitriles is 2. The highest BCUT2D eigenvalue weighted by molar-refractivity contribution is 7.26. The molecule has 13 heteroatoms. The standard InChI is InChI=1S/C74H38B4N6O2S/c79-39-45-69-65-71-67-73(45)85-61-37-63-43(35-53(61)77(67)51-27-11-17-33-59(51)83(71)57-31-15-9-25-49(57)75(65)47-23-7-13-29-55(47)81(69)41-19-3-1-4-20-41)44-36-54-62(38-64(44)87-63)86-74-46(40-80)70-66-72-68(74)78(54)52-28-12-18-34-60(52)84(72)58-32-16-10-26-50(58)76(66)48-24-8-14-30-56(48)82(70)42-21-5-2-6-22-42/h1-38H. The lowest BCUT2D eigenvalue weighted by Gasteiger charge is -2.49. The van der Waals surface area contributed by atoms with E-state index in [1.54, 1.807) is 11.3 Å². The minimum atomic E-state index is -0.264. The van der Waals surface area contributed by atoms with Gasteiger partial charge < -0.3 is 29.1 Å². The van der Waals surface area contributed by atoms with Crippen LogP contribution in [0, 0.1) is 22.7 Å². The lowest BCUT2D eigenvalue weighted by molar-refractivity contribution is 0.486. The zero-order chi connectivity index (χ0) is 56.7. The summed E-state index contributed by atoms with van der Waals surface area (Å²) in [5.41, 5.74) is 27.0. The Hall–Kier alpha value is -11.1. The summed E-state index contributed by atoms with van der Waals surface area (Å²) in [5, 5.41) is 26.0. The molecule has 8 aliphatic rings. The molecule has 21 rings (SSSR count). The summed E-state index contributed by atoms with van der Waals surface area (Å²) in [6, 6.07) is 88.6. The molecule has 0 saturated carbocycles. The van der Waals surface area contributed by atoms with E-state index in [0.29, 0.717) is 22.6 Å². The molecular weight excluding hydrogens is 1080 g/mol. The fourth-order valence-electron chi connectivity index (χ4n) is 16.8. The monoisotopic (exact) mass is 1120 g/mol. The van der Waals surface area contributed by atoms with Crippen molar-refractivity contribution in [1.29, 1.82) is 10.5 Å². The summed E-state index contributed by atoms with van der Waals surface area (Å²) in [5.74, 6) is 2.69. The van der Waals surface area contributed by atoms with Crippen LogP contribution < -0.4 is 94.6 Å². The van der Waals surface area contributed by atoms with Gasteiger partial charge in [-0.15, -0.1) is 11.3 Å². The Morgan fingerprint density at radius 2 is 0.609 bits per heavy atom. The molecule has 0 N–H and O–H groups in total. The number of hydrogen-bond donors (Lipinski definition) is 0. The number of anilines is 12. The number of rotatable bonds is 2. The van der Waals surface area contributed by atoms with Gasteiger partial charge in [-0.25, -0.2) is 0 Å². The maximum atomic E-state index is 11.9. The Balaban J connectivity index is 0.817. The van der Waals surface area contributed by atoms with E-state index in [0.717, 1.165) is 144 Å². The average molecular weight is 1120 g/mol. The first-order chi connectivity index (χ1) is 43.1. The van der Waals surface area contributed by atoms with Crippen LogP contribution in [0.15, 0.2) is 231 Å². The van der Waals surface area contributed by atoms with E-state index in [4.69, 9.17) is 9.47 Å². The van der Waals surface area contributed by atoms with E-state index in [2.05, 4.69) is 250 Å². The van der Waals surface area contributed by atoms with Crippen molar-refractivity contribution in [3.8, 4) is 35.1 Å². The lowest BCUT2D eigenvalue weighted by Crippen LogP contribution is -2.68. The first-order valence-electron chi connectivity index (χ1n) is 29.7. The quantitative estimate of drug-likeness (QED) is 0.159. The average Bonchev–Trinajstić information content (AvgIpc) is 1.04. The van der Waals surface area contributed by atoms with Crippen molar-refractivity contribution < 1.29 is 9.47 Å². The molecule has 12 aromatic carbocycles. The van der Waals surface area contributed by atoms with Gasteiger partial charge in [-0.05, 0) is 138 Å². The van der Waals surface area contributed by atoms with E-state index in [1.165, 1.54) is 21.9 Å². The molecule has 0 bridgehead atoms. The highest BCUT2D eigenvalue weighted by Crippen LogP contribution is 2.54. The Kier molecular flexibility index (Phi) is 8.73. The zero-order valence-corrected chi connectivity index (χ0v) is 47.0. The van der Waals surface area contributed by atoms with Crippen molar-refractivity contribution >= 4 is 192 Å². The normalized spacial score (nSPS) is 14.4. The molecule has 0 aliphatic carbocycles. The minimum Gasteiger partial charge on any atom is -0.457 e. The van der Waals surface area contributed by atoms with Crippen LogP contribution >= 0.6 is 11.3 Å². The molecule has 1 aromatic heterocycles. The third-order valence-electron chi connectivity index (χ3n) is 20.0. The molecule has 0 amide bonds. The molecular formula is C74H38B4N6O2S. The topological polar surface area (TPSA) is 79.0 Å². The molecule has 8 nitrogen and oxygen atoms in total. The van der Waals surface area contributed by atoms with Gasteiger partial charge in [-0.2, -0.15) is 10.5 Å². The number of benzene rings is 12. The smallest absolute Gasteiger partial charge is 0.256 e. The summed E-state index contributed by atoms with van der Waals surface area (Å²) in [7, 11) is 0. The van der Waals surface area contributed by atoms with Crippen LogP contribution in [0.5, 0.6) is 23.0 Å². The van der Waals surface area contributed by atoms with Crippen molar-refractivity contribution in [3.63, 3.8) is 0 Å². The molecule has 9 heterocycles. The fraction of sp³-hybridized carbons (Fsp3) is 0. The van der Waals surface area contributed by atoms with Crippen LogP contribution in [0.25, 0.3) is 20.2 Å². The summed E-state index contributed by atoms with van der Waals surface area (Å²) < 4.78 is 17.1. The Morgan fingerprint density at radius 3 is 0.943 bits per heavy atom. The zero-order valence-electron chi connectivity index (χ0n) is 46.2.